The Balaban J connectivity index is 0. The van der Waals surface area contributed by atoms with Crippen molar-refractivity contribution >= 4 is 26.2 Å². The zero-order chi connectivity index (χ0) is 9.23. The summed E-state index contributed by atoms with van der Waals surface area (Å²) in [4.78, 5) is 0. The third-order valence-electron chi connectivity index (χ3n) is 2.60. The van der Waals surface area contributed by atoms with Crippen molar-refractivity contribution in [1.82, 2.24) is 0 Å². The van der Waals surface area contributed by atoms with E-state index in [0.717, 1.165) is 5.92 Å². The minimum absolute atomic E-state index is 0. The molecule has 0 aromatic heterocycles. The Kier molecular flexibility index (Phi) is 16.2. The molecule has 0 fully saturated rings. The van der Waals surface area contributed by atoms with E-state index in [9.17, 15) is 0 Å². The monoisotopic (exact) mass is 382 g/mol. The van der Waals surface area contributed by atoms with Gasteiger partial charge in [-0.2, -0.15) is 0 Å². The molecule has 0 radical (unpaired) electrons. The maximum absolute atomic E-state index is 2.40. The molecular weight excluding hydrogens is 353 g/mol. The van der Waals surface area contributed by atoms with Crippen LogP contribution < -0.4 is 0 Å². The van der Waals surface area contributed by atoms with Gasteiger partial charge in [0.2, 0.25) is 0 Å². The molecule has 0 aliphatic rings. The molecule has 0 rings (SSSR count). The summed E-state index contributed by atoms with van der Waals surface area (Å²) in [7, 11) is 0. The van der Waals surface area contributed by atoms with E-state index in [2.05, 4.69) is 20.8 Å². The van der Waals surface area contributed by atoms with Crippen LogP contribution in [0.1, 0.15) is 72.1 Å². The molecule has 0 N–H and O–H groups in total. The first-order chi connectivity index (χ1) is 5.81. The third kappa shape index (κ3) is 12.9. The van der Waals surface area contributed by atoms with Crippen molar-refractivity contribution in [3.05, 3.63) is 0 Å². The average Bonchev–Trinajstić information content (AvgIpc) is 2.09. The molecule has 0 aliphatic carbocycles. The van der Waals surface area contributed by atoms with Crippen molar-refractivity contribution in [2.75, 3.05) is 0 Å². The summed E-state index contributed by atoms with van der Waals surface area (Å²) in [6.07, 6.45) is 11.4. The quantitative estimate of drug-likeness (QED) is 0.445. The van der Waals surface area contributed by atoms with Gasteiger partial charge in [-0.05, 0) is 5.92 Å². The van der Waals surface area contributed by atoms with E-state index in [4.69, 9.17) is 0 Å². The van der Waals surface area contributed by atoms with Crippen LogP contribution in [0.15, 0.2) is 0 Å². The van der Waals surface area contributed by atoms with Gasteiger partial charge in [0.15, 0.2) is 0 Å². The molecule has 1 unspecified atom stereocenters. The van der Waals surface area contributed by atoms with Gasteiger partial charge in [-0.15, -0.1) is 0 Å². The zero-order valence-electron chi connectivity index (χ0n) is 9.94. The molecule has 0 spiro atoms. The summed E-state index contributed by atoms with van der Waals surface area (Å²) >= 11 is 0. The molecule has 0 aromatic carbocycles. The number of rotatable bonds is 8. The summed E-state index contributed by atoms with van der Waals surface area (Å²) in [6.45, 7) is 6.96. The summed E-state index contributed by atoms with van der Waals surface area (Å²) < 4.78 is 0. The van der Waals surface area contributed by atoms with Crippen molar-refractivity contribution in [3.8, 4) is 0 Å². The molecular formula is C12H29Bi. The Hall–Kier alpha value is 0.883. The maximum atomic E-state index is 2.40. The first kappa shape index (κ1) is 16.3. The standard InChI is InChI=1S/C12H26.Bi.3H/c1-4-6-8-9-11-12(3)10-7-5-2;;;;/h12H,4-11H2,1-3H3;;;;. The molecule has 13 heavy (non-hydrogen) atoms. The molecule has 82 valence electrons. The van der Waals surface area contributed by atoms with E-state index in [1.807, 2.05) is 0 Å². The molecule has 0 saturated carbocycles. The molecule has 0 bridgehead atoms. The zero-order valence-corrected chi connectivity index (χ0v) is 15.4. The Labute approximate surface area is 104 Å². The van der Waals surface area contributed by atoms with Gasteiger partial charge in [0.1, 0.15) is 0 Å². The second-order valence-electron chi connectivity index (χ2n) is 4.10. The van der Waals surface area contributed by atoms with E-state index in [0.29, 0.717) is 0 Å². The normalized spacial score (nSPS) is 12.2. The molecule has 0 nitrogen and oxygen atoms in total. The fourth-order valence-corrected chi connectivity index (χ4v) is 1.62. The fourth-order valence-electron chi connectivity index (χ4n) is 1.62. The number of hydrogen-bond donors (Lipinski definition) is 0. The molecule has 0 heterocycles. The van der Waals surface area contributed by atoms with Gasteiger partial charge >= 0.3 is 26.2 Å². The van der Waals surface area contributed by atoms with Crippen LogP contribution in [0.4, 0.5) is 0 Å². The molecule has 0 amide bonds. The van der Waals surface area contributed by atoms with Crippen molar-refractivity contribution in [1.29, 1.82) is 0 Å². The minimum atomic E-state index is 0. The van der Waals surface area contributed by atoms with Crippen LogP contribution in [0.2, 0.25) is 0 Å². The van der Waals surface area contributed by atoms with Gasteiger partial charge in [-0.1, -0.05) is 72.1 Å². The van der Waals surface area contributed by atoms with E-state index in [1.165, 1.54) is 51.4 Å². The van der Waals surface area contributed by atoms with Crippen LogP contribution in [0.5, 0.6) is 0 Å². The summed E-state index contributed by atoms with van der Waals surface area (Å²) in [5.74, 6) is 0.974. The van der Waals surface area contributed by atoms with Gasteiger partial charge in [0.05, 0.1) is 0 Å². The second kappa shape index (κ2) is 12.9. The van der Waals surface area contributed by atoms with Crippen LogP contribution in [-0.2, 0) is 0 Å². The molecule has 0 saturated heterocycles. The number of hydrogen-bond acceptors (Lipinski definition) is 0. The summed E-state index contributed by atoms with van der Waals surface area (Å²) in [6, 6.07) is 0. The van der Waals surface area contributed by atoms with Crippen molar-refractivity contribution in [3.63, 3.8) is 0 Å². The van der Waals surface area contributed by atoms with Gasteiger partial charge < -0.3 is 0 Å². The van der Waals surface area contributed by atoms with E-state index >= 15 is 0 Å². The Morgan fingerprint density at radius 1 is 0.769 bits per heavy atom. The Morgan fingerprint density at radius 2 is 1.31 bits per heavy atom. The average molecular weight is 382 g/mol. The first-order valence-corrected chi connectivity index (χ1v) is 5.81. The van der Waals surface area contributed by atoms with Gasteiger partial charge in [0.25, 0.3) is 0 Å². The van der Waals surface area contributed by atoms with E-state index in [-0.39, 0.29) is 26.2 Å². The van der Waals surface area contributed by atoms with Crippen molar-refractivity contribution in [2.45, 2.75) is 72.1 Å². The summed E-state index contributed by atoms with van der Waals surface area (Å²) in [5.41, 5.74) is 0. The van der Waals surface area contributed by atoms with Crippen LogP contribution in [0.25, 0.3) is 0 Å². The Bertz CT molecular complexity index is 81.2. The van der Waals surface area contributed by atoms with Crippen molar-refractivity contribution < 1.29 is 0 Å². The van der Waals surface area contributed by atoms with Crippen LogP contribution in [0, 0.1) is 5.92 Å². The van der Waals surface area contributed by atoms with Crippen molar-refractivity contribution in [2.24, 2.45) is 5.92 Å². The topological polar surface area (TPSA) is 0 Å². The Morgan fingerprint density at radius 3 is 1.85 bits per heavy atom. The van der Waals surface area contributed by atoms with E-state index < -0.39 is 0 Å². The second-order valence-corrected chi connectivity index (χ2v) is 4.10. The predicted octanol–water partition coefficient (Wildman–Crippen LogP) is 3.60. The van der Waals surface area contributed by atoms with Gasteiger partial charge in [-0.25, -0.2) is 0 Å². The van der Waals surface area contributed by atoms with Crippen LogP contribution in [-0.4, -0.2) is 26.2 Å². The van der Waals surface area contributed by atoms with Gasteiger partial charge in [0, 0.05) is 0 Å². The summed E-state index contributed by atoms with van der Waals surface area (Å²) in [5, 5.41) is 0. The third-order valence-corrected chi connectivity index (χ3v) is 2.60. The first-order valence-electron chi connectivity index (χ1n) is 5.81. The molecule has 0 aromatic rings. The fraction of sp³-hybridized carbons (Fsp3) is 1.00. The number of unbranched alkanes of at least 4 members (excludes halogenated alkanes) is 4. The molecule has 0 aliphatic heterocycles. The molecule has 1 atom stereocenters. The van der Waals surface area contributed by atoms with Crippen LogP contribution >= 0.6 is 0 Å². The van der Waals surface area contributed by atoms with Crippen LogP contribution in [0.3, 0.4) is 0 Å². The SMILES string of the molecule is CCCCCCC(C)CCCC.[BiH3]. The molecule has 1 heteroatoms. The van der Waals surface area contributed by atoms with E-state index in [1.54, 1.807) is 0 Å². The van der Waals surface area contributed by atoms with Gasteiger partial charge in [-0.3, -0.25) is 0 Å². The predicted molar refractivity (Wildman–Crippen MR) is 67.4 cm³/mol.